The number of nitrogens with zero attached hydrogens (tertiary/aromatic N) is 2. The standard InChI is InChI=1S/C25H23N5O2/c1-25(2)12-17-19(18(31)13-25)20(22-26-15-10-6-7-11-16(15)27-22)21-23(28-17)29-30(24(21)32)14-8-4-3-5-9-14/h3-11,20,28-29H,12-13H2,1-2H3,(H,26,27)/t20-/m1/s1. The zero-order chi connectivity index (χ0) is 22.0. The summed E-state index contributed by atoms with van der Waals surface area (Å²) in [4.78, 5) is 35.2. The van der Waals surface area contributed by atoms with E-state index in [-0.39, 0.29) is 16.8 Å². The minimum atomic E-state index is -0.550. The Morgan fingerprint density at radius 1 is 1.00 bits per heavy atom. The van der Waals surface area contributed by atoms with Crippen molar-refractivity contribution in [2.75, 3.05) is 5.32 Å². The number of fused-ring (bicyclic) bond motifs is 2. The molecular weight excluding hydrogens is 402 g/mol. The quantitative estimate of drug-likeness (QED) is 0.448. The maximum Gasteiger partial charge on any atom is 0.277 e. The van der Waals surface area contributed by atoms with Crippen molar-refractivity contribution in [3.05, 3.63) is 87.6 Å². The lowest BCUT2D eigenvalue weighted by Gasteiger charge is -2.37. The summed E-state index contributed by atoms with van der Waals surface area (Å²) in [5.41, 5.74) is 4.12. The maximum atomic E-state index is 13.6. The number of allylic oxidation sites excluding steroid dienone is 2. The summed E-state index contributed by atoms with van der Waals surface area (Å²) in [6.07, 6.45) is 1.17. The Bertz CT molecular complexity index is 1440. The molecule has 1 aliphatic carbocycles. The van der Waals surface area contributed by atoms with E-state index in [1.54, 1.807) is 0 Å². The van der Waals surface area contributed by atoms with Gasteiger partial charge in [-0.2, -0.15) is 0 Å². The van der Waals surface area contributed by atoms with Gasteiger partial charge in [-0.25, -0.2) is 9.67 Å². The van der Waals surface area contributed by atoms with Crippen LogP contribution in [-0.2, 0) is 4.79 Å². The average molecular weight is 425 g/mol. The fourth-order valence-corrected chi connectivity index (χ4v) is 5.03. The van der Waals surface area contributed by atoms with Crippen molar-refractivity contribution in [1.29, 1.82) is 0 Å². The first-order chi connectivity index (χ1) is 15.4. The van der Waals surface area contributed by atoms with Gasteiger partial charge >= 0.3 is 0 Å². The molecule has 6 rings (SSSR count). The summed E-state index contributed by atoms with van der Waals surface area (Å²) in [5.74, 6) is 0.747. The molecule has 0 unspecified atom stereocenters. The van der Waals surface area contributed by atoms with Crippen molar-refractivity contribution in [3.8, 4) is 5.69 Å². The fourth-order valence-electron chi connectivity index (χ4n) is 5.03. The van der Waals surface area contributed by atoms with Crippen LogP contribution >= 0.6 is 0 Å². The molecule has 1 aliphatic heterocycles. The molecule has 4 aromatic rings. The second kappa shape index (κ2) is 6.56. The van der Waals surface area contributed by atoms with Crippen molar-refractivity contribution >= 4 is 22.6 Å². The number of benzene rings is 2. The number of aromatic amines is 2. The molecule has 0 amide bonds. The van der Waals surface area contributed by atoms with Gasteiger partial charge in [0.05, 0.1) is 28.2 Å². The van der Waals surface area contributed by atoms with Gasteiger partial charge < -0.3 is 10.3 Å². The summed E-state index contributed by atoms with van der Waals surface area (Å²) in [6.45, 7) is 4.19. The number of para-hydroxylation sites is 3. The van der Waals surface area contributed by atoms with Gasteiger partial charge in [-0.15, -0.1) is 0 Å². The Balaban J connectivity index is 1.61. The van der Waals surface area contributed by atoms with Crippen LogP contribution in [0.3, 0.4) is 0 Å². The van der Waals surface area contributed by atoms with Crippen LogP contribution < -0.4 is 10.9 Å². The molecule has 0 saturated heterocycles. The maximum absolute atomic E-state index is 13.6. The summed E-state index contributed by atoms with van der Waals surface area (Å²) in [7, 11) is 0. The van der Waals surface area contributed by atoms with Gasteiger partial charge in [0.25, 0.3) is 5.56 Å². The van der Waals surface area contributed by atoms with Crippen LogP contribution in [0.15, 0.2) is 70.7 Å². The van der Waals surface area contributed by atoms with Crippen molar-refractivity contribution in [2.45, 2.75) is 32.6 Å². The van der Waals surface area contributed by atoms with E-state index in [1.807, 2.05) is 54.6 Å². The lowest BCUT2D eigenvalue weighted by atomic mass is 9.70. The first kappa shape index (κ1) is 18.9. The third kappa shape index (κ3) is 2.77. The number of ketones is 1. The number of nitrogens with one attached hydrogen (secondary N) is 3. The van der Waals surface area contributed by atoms with Crippen molar-refractivity contribution in [1.82, 2.24) is 19.7 Å². The van der Waals surface area contributed by atoms with E-state index in [9.17, 15) is 9.59 Å². The highest BCUT2D eigenvalue weighted by Crippen LogP contribution is 2.47. The Morgan fingerprint density at radius 3 is 2.53 bits per heavy atom. The predicted octanol–water partition coefficient (Wildman–Crippen LogP) is 4.24. The van der Waals surface area contributed by atoms with E-state index < -0.39 is 5.92 Å². The topological polar surface area (TPSA) is 95.6 Å². The summed E-state index contributed by atoms with van der Waals surface area (Å²) < 4.78 is 1.53. The average Bonchev–Trinajstić information content (AvgIpc) is 3.33. The molecule has 7 heteroatoms. The van der Waals surface area contributed by atoms with E-state index in [1.165, 1.54) is 4.68 Å². The summed E-state index contributed by atoms with van der Waals surface area (Å²) in [6, 6.07) is 17.2. The number of H-pyrrole nitrogens is 2. The van der Waals surface area contributed by atoms with Crippen LogP contribution in [-0.4, -0.2) is 25.5 Å². The number of imidazole rings is 1. The number of carbonyl (C=O) groups excluding carboxylic acids is 1. The lowest BCUT2D eigenvalue weighted by molar-refractivity contribution is -0.118. The molecule has 0 saturated carbocycles. The van der Waals surface area contributed by atoms with Crippen LogP contribution in [0.25, 0.3) is 16.7 Å². The van der Waals surface area contributed by atoms with Gasteiger partial charge in [-0.05, 0) is 36.1 Å². The zero-order valence-corrected chi connectivity index (χ0v) is 17.9. The molecule has 2 aliphatic rings. The molecule has 7 nitrogen and oxygen atoms in total. The monoisotopic (exact) mass is 425 g/mol. The highest BCUT2D eigenvalue weighted by atomic mass is 16.1. The highest BCUT2D eigenvalue weighted by Gasteiger charge is 2.44. The van der Waals surface area contributed by atoms with Gasteiger partial charge in [0.1, 0.15) is 11.6 Å². The second-order valence-corrected chi connectivity index (χ2v) is 9.41. The van der Waals surface area contributed by atoms with Gasteiger partial charge in [0, 0.05) is 17.7 Å². The molecule has 1 atom stereocenters. The molecule has 160 valence electrons. The molecule has 2 aromatic heterocycles. The number of hydrogen-bond donors (Lipinski definition) is 3. The Morgan fingerprint density at radius 2 is 1.75 bits per heavy atom. The lowest BCUT2D eigenvalue weighted by Crippen LogP contribution is -2.35. The molecule has 0 fully saturated rings. The third-order valence-corrected chi connectivity index (χ3v) is 6.40. The predicted molar refractivity (Wildman–Crippen MR) is 123 cm³/mol. The molecule has 0 radical (unpaired) electrons. The SMILES string of the molecule is CC1(C)CC(=O)C2=C(C1)Nc1[nH]n(-c3ccccc3)c(=O)c1[C@@H]2c1nc2ccccc2[nH]1. The van der Waals surface area contributed by atoms with Gasteiger partial charge in [-0.3, -0.25) is 14.7 Å². The largest absolute Gasteiger partial charge is 0.343 e. The minimum absolute atomic E-state index is 0.0618. The van der Waals surface area contributed by atoms with Gasteiger partial charge in [0.2, 0.25) is 0 Å². The van der Waals surface area contributed by atoms with Crippen molar-refractivity contribution in [3.63, 3.8) is 0 Å². The number of anilines is 1. The van der Waals surface area contributed by atoms with Crippen LogP contribution in [0.2, 0.25) is 0 Å². The fraction of sp³-hybridized carbons (Fsp3) is 0.240. The Hall–Kier alpha value is -3.87. The van der Waals surface area contributed by atoms with E-state index in [0.29, 0.717) is 29.2 Å². The van der Waals surface area contributed by atoms with E-state index in [0.717, 1.165) is 28.8 Å². The van der Waals surface area contributed by atoms with Crippen LogP contribution in [0.1, 0.15) is 44.0 Å². The first-order valence-corrected chi connectivity index (χ1v) is 10.8. The van der Waals surface area contributed by atoms with Crippen LogP contribution in [0.4, 0.5) is 5.82 Å². The number of Topliss-reactive ketones (excluding diaryl/α,β-unsaturated/α-hetero) is 1. The summed E-state index contributed by atoms with van der Waals surface area (Å²) in [5, 5.41) is 6.62. The second-order valence-electron chi connectivity index (χ2n) is 9.41. The molecular formula is C25H23N5O2. The van der Waals surface area contributed by atoms with Crippen LogP contribution in [0, 0.1) is 5.41 Å². The molecule has 32 heavy (non-hydrogen) atoms. The van der Waals surface area contributed by atoms with Gasteiger partial charge in [-0.1, -0.05) is 44.2 Å². The van der Waals surface area contributed by atoms with Crippen LogP contribution in [0.5, 0.6) is 0 Å². The Labute approximate surface area is 184 Å². The molecule has 3 N–H and O–H groups in total. The van der Waals surface area contributed by atoms with Gasteiger partial charge in [0.15, 0.2) is 5.78 Å². The van der Waals surface area contributed by atoms with E-state index in [2.05, 4.69) is 29.2 Å². The molecule has 2 aromatic carbocycles. The Kier molecular flexibility index (Phi) is 3.87. The van der Waals surface area contributed by atoms with Crippen molar-refractivity contribution in [2.24, 2.45) is 5.41 Å². The van der Waals surface area contributed by atoms with Crippen molar-refractivity contribution < 1.29 is 4.79 Å². The van der Waals surface area contributed by atoms with E-state index in [4.69, 9.17) is 4.98 Å². The number of carbonyl (C=O) groups is 1. The minimum Gasteiger partial charge on any atom is -0.343 e. The molecule has 0 spiro atoms. The number of hydrogen-bond acceptors (Lipinski definition) is 4. The van der Waals surface area contributed by atoms with E-state index >= 15 is 0 Å². The normalized spacial score (nSPS) is 19.6. The first-order valence-electron chi connectivity index (χ1n) is 10.8. The number of aromatic nitrogens is 4. The highest BCUT2D eigenvalue weighted by molar-refractivity contribution is 6.01. The molecule has 3 heterocycles. The summed E-state index contributed by atoms with van der Waals surface area (Å²) >= 11 is 0. The molecule has 0 bridgehead atoms. The number of rotatable bonds is 2. The zero-order valence-electron chi connectivity index (χ0n) is 17.9. The smallest absolute Gasteiger partial charge is 0.277 e. The third-order valence-electron chi connectivity index (χ3n) is 6.40.